The fraction of sp³-hybridized carbons (Fsp3) is 0.562. The minimum Gasteiger partial charge on any atom is -0.454 e. The lowest BCUT2D eigenvalue weighted by molar-refractivity contribution is -0.121. The maximum Gasteiger partial charge on any atom is 0.234 e. The first-order chi connectivity index (χ1) is 10.3. The molecule has 1 heterocycles. The normalized spacial score (nSPS) is 17.7. The highest BCUT2D eigenvalue weighted by Gasteiger charge is 2.18. The number of ether oxygens (including phenoxy) is 2. The van der Waals surface area contributed by atoms with Gasteiger partial charge in [-0.1, -0.05) is 31.4 Å². The van der Waals surface area contributed by atoms with E-state index >= 15 is 0 Å². The van der Waals surface area contributed by atoms with Crippen LogP contribution in [0.3, 0.4) is 0 Å². The smallest absolute Gasteiger partial charge is 0.234 e. The first-order valence-electron chi connectivity index (χ1n) is 7.70. The number of benzene rings is 1. The third-order valence-electron chi connectivity index (χ3n) is 4.05. The van der Waals surface area contributed by atoms with E-state index in [1.54, 1.807) is 0 Å². The monoisotopic (exact) mass is 290 g/mol. The van der Waals surface area contributed by atoms with E-state index in [0.717, 1.165) is 29.9 Å². The van der Waals surface area contributed by atoms with Gasteiger partial charge >= 0.3 is 0 Å². The average Bonchev–Trinajstić information content (AvgIpc) is 2.97. The number of para-hydroxylation sites is 1. The van der Waals surface area contributed by atoms with Crippen LogP contribution in [0.5, 0.6) is 11.5 Å². The molecule has 2 aliphatic rings. The van der Waals surface area contributed by atoms with Gasteiger partial charge in [0.15, 0.2) is 11.5 Å². The van der Waals surface area contributed by atoms with Crippen LogP contribution in [-0.4, -0.2) is 25.3 Å². The summed E-state index contributed by atoms with van der Waals surface area (Å²) in [7, 11) is 0. The number of hydrogen-bond acceptors (Lipinski definition) is 4. The van der Waals surface area contributed by atoms with E-state index in [0.29, 0.717) is 19.1 Å². The third-order valence-corrected chi connectivity index (χ3v) is 4.05. The van der Waals surface area contributed by atoms with Crippen molar-refractivity contribution in [3.63, 3.8) is 0 Å². The number of fused-ring (bicyclic) bond motifs is 1. The van der Waals surface area contributed by atoms with Gasteiger partial charge in [0.25, 0.3) is 0 Å². The Morgan fingerprint density at radius 3 is 2.90 bits per heavy atom. The highest BCUT2D eigenvalue weighted by molar-refractivity contribution is 5.78. The summed E-state index contributed by atoms with van der Waals surface area (Å²) in [5, 5.41) is 6.27. The van der Waals surface area contributed by atoms with E-state index in [1.165, 1.54) is 19.3 Å². The zero-order valence-corrected chi connectivity index (χ0v) is 12.2. The highest BCUT2D eigenvalue weighted by Crippen LogP contribution is 2.35. The molecule has 0 unspecified atom stereocenters. The van der Waals surface area contributed by atoms with Gasteiger partial charge in [0.1, 0.15) is 0 Å². The number of amides is 1. The SMILES string of the molecule is O=C(CNCc1cccc2c1OCO2)NC1CCCCC1. The van der Waals surface area contributed by atoms with Crippen LogP contribution in [0.2, 0.25) is 0 Å². The van der Waals surface area contributed by atoms with Gasteiger partial charge < -0.3 is 20.1 Å². The van der Waals surface area contributed by atoms with E-state index < -0.39 is 0 Å². The summed E-state index contributed by atoms with van der Waals surface area (Å²) in [6.07, 6.45) is 5.98. The first kappa shape index (κ1) is 14.2. The van der Waals surface area contributed by atoms with Crippen molar-refractivity contribution in [2.75, 3.05) is 13.3 Å². The van der Waals surface area contributed by atoms with Gasteiger partial charge in [0, 0.05) is 18.2 Å². The molecule has 3 rings (SSSR count). The summed E-state index contributed by atoms with van der Waals surface area (Å²) >= 11 is 0. The quantitative estimate of drug-likeness (QED) is 0.870. The van der Waals surface area contributed by atoms with Crippen LogP contribution in [0.4, 0.5) is 0 Å². The maximum absolute atomic E-state index is 11.9. The van der Waals surface area contributed by atoms with Crippen LogP contribution >= 0.6 is 0 Å². The fourth-order valence-corrected chi connectivity index (χ4v) is 2.97. The van der Waals surface area contributed by atoms with E-state index in [1.807, 2.05) is 18.2 Å². The van der Waals surface area contributed by atoms with Crippen molar-refractivity contribution < 1.29 is 14.3 Å². The van der Waals surface area contributed by atoms with Crippen LogP contribution in [-0.2, 0) is 11.3 Å². The first-order valence-corrected chi connectivity index (χ1v) is 7.70. The molecule has 0 radical (unpaired) electrons. The molecule has 5 heteroatoms. The van der Waals surface area contributed by atoms with Gasteiger partial charge in [0.05, 0.1) is 6.54 Å². The average molecular weight is 290 g/mol. The van der Waals surface area contributed by atoms with Gasteiger partial charge in [-0.2, -0.15) is 0 Å². The van der Waals surface area contributed by atoms with Crippen LogP contribution in [0.15, 0.2) is 18.2 Å². The largest absolute Gasteiger partial charge is 0.454 e. The summed E-state index contributed by atoms with van der Waals surface area (Å²) in [4.78, 5) is 11.9. The van der Waals surface area contributed by atoms with Crippen molar-refractivity contribution in [3.05, 3.63) is 23.8 Å². The zero-order valence-electron chi connectivity index (χ0n) is 12.2. The number of nitrogens with one attached hydrogen (secondary N) is 2. The molecule has 114 valence electrons. The summed E-state index contributed by atoms with van der Waals surface area (Å²) in [5.74, 6) is 1.64. The fourth-order valence-electron chi connectivity index (χ4n) is 2.97. The maximum atomic E-state index is 11.9. The molecule has 5 nitrogen and oxygen atoms in total. The number of carbonyl (C=O) groups excluding carboxylic acids is 1. The number of carbonyl (C=O) groups is 1. The van der Waals surface area contributed by atoms with Crippen molar-refractivity contribution >= 4 is 5.91 Å². The van der Waals surface area contributed by atoms with Crippen LogP contribution in [0, 0.1) is 0 Å². The van der Waals surface area contributed by atoms with Gasteiger partial charge in [0.2, 0.25) is 12.7 Å². The molecule has 1 aromatic rings. The number of hydrogen-bond donors (Lipinski definition) is 2. The summed E-state index contributed by atoms with van der Waals surface area (Å²) in [5.41, 5.74) is 1.02. The molecule has 0 bridgehead atoms. The second-order valence-corrected chi connectivity index (χ2v) is 5.66. The van der Waals surface area contributed by atoms with Crippen LogP contribution < -0.4 is 20.1 Å². The van der Waals surface area contributed by atoms with E-state index in [2.05, 4.69) is 10.6 Å². The number of rotatable bonds is 5. The molecular weight excluding hydrogens is 268 g/mol. The Kier molecular flexibility index (Phi) is 4.60. The van der Waals surface area contributed by atoms with Crippen molar-refractivity contribution in [1.29, 1.82) is 0 Å². The van der Waals surface area contributed by atoms with Gasteiger partial charge in [-0.05, 0) is 18.9 Å². The standard InChI is InChI=1S/C16H22N2O3/c19-15(18-13-6-2-1-3-7-13)10-17-9-12-5-4-8-14-16(12)21-11-20-14/h4-5,8,13,17H,1-3,6-7,9-11H2,(H,18,19). The molecule has 1 aliphatic carbocycles. The summed E-state index contributed by atoms with van der Waals surface area (Å²) in [6.45, 7) is 1.21. The topological polar surface area (TPSA) is 59.6 Å². The lowest BCUT2D eigenvalue weighted by Gasteiger charge is -2.22. The Hall–Kier alpha value is -1.75. The molecule has 2 N–H and O–H groups in total. The van der Waals surface area contributed by atoms with E-state index in [-0.39, 0.29) is 12.7 Å². The van der Waals surface area contributed by atoms with Crippen LogP contribution in [0.1, 0.15) is 37.7 Å². The Balaban J connectivity index is 1.43. The Morgan fingerprint density at radius 2 is 2.05 bits per heavy atom. The molecule has 1 fully saturated rings. The van der Waals surface area contributed by atoms with Gasteiger partial charge in [-0.25, -0.2) is 0 Å². The molecule has 1 amide bonds. The minimum atomic E-state index is 0.0756. The molecule has 0 saturated heterocycles. The summed E-state index contributed by atoms with van der Waals surface area (Å²) in [6, 6.07) is 6.18. The third kappa shape index (κ3) is 3.67. The Labute approximate surface area is 125 Å². The zero-order chi connectivity index (χ0) is 14.5. The highest BCUT2D eigenvalue weighted by atomic mass is 16.7. The molecular formula is C16H22N2O3. The Morgan fingerprint density at radius 1 is 1.19 bits per heavy atom. The molecule has 0 atom stereocenters. The minimum absolute atomic E-state index is 0.0756. The van der Waals surface area contributed by atoms with E-state index in [9.17, 15) is 4.79 Å². The van der Waals surface area contributed by atoms with E-state index in [4.69, 9.17) is 9.47 Å². The Bertz CT molecular complexity index is 498. The lowest BCUT2D eigenvalue weighted by Crippen LogP contribution is -2.41. The molecule has 1 aliphatic heterocycles. The second kappa shape index (κ2) is 6.80. The van der Waals surface area contributed by atoms with Crippen LogP contribution in [0.25, 0.3) is 0 Å². The predicted octanol–water partition coefficient (Wildman–Crippen LogP) is 1.95. The van der Waals surface area contributed by atoms with Crippen molar-refractivity contribution in [1.82, 2.24) is 10.6 Å². The molecule has 1 saturated carbocycles. The second-order valence-electron chi connectivity index (χ2n) is 5.66. The van der Waals surface area contributed by atoms with Gasteiger partial charge in [-0.15, -0.1) is 0 Å². The lowest BCUT2D eigenvalue weighted by atomic mass is 9.95. The predicted molar refractivity (Wildman–Crippen MR) is 79.3 cm³/mol. The van der Waals surface area contributed by atoms with Gasteiger partial charge in [-0.3, -0.25) is 4.79 Å². The van der Waals surface area contributed by atoms with Crippen molar-refractivity contribution in [2.24, 2.45) is 0 Å². The molecule has 0 spiro atoms. The summed E-state index contributed by atoms with van der Waals surface area (Å²) < 4.78 is 10.8. The molecule has 21 heavy (non-hydrogen) atoms. The molecule has 1 aromatic carbocycles. The van der Waals surface area contributed by atoms with Crippen molar-refractivity contribution in [3.8, 4) is 11.5 Å². The molecule has 0 aromatic heterocycles. The van der Waals surface area contributed by atoms with Crippen molar-refractivity contribution in [2.45, 2.75) is 44.7 Å².